The van der Waals surface area contributed by atoms with Crippen LogP contribution in [-0.2, 0) is 6.54 Å². The number of hydrogen-bond donors (Lipinski definition) is 3. The SMILES string of the molecule is NCc1cccc(-c2cccc3[nH]c(=O)[nH]c23)c1. The van der Waals surface area contributed by atoms with Crippen LogP contribution in [0.15, 0.2) is 47.3 Å². The molecule has 90 valence electrons. The summed E-state index contributed by atoms with van der Waals surface area (Å²) in [7, 11) is 0. The average molecular weight is 239 g/mol. The maximum Gasteiger partial charge on any atom is 0.323 e. The molecule has 0 atom stereocenters. The van der Waals surface area contributed by atoms with Gasteiger partial charge in [-0.1, -0.05) is 30.3 Å². The summed E-state index contributed by atoms with van der Waals surface area (Å²) >= 11 is 0. The summed E-state index contributed by atoms with van der Waals surface area (Å²) in [6.45, 7) is 0.507. The smallest absolute Gasteiger partial charge is 0.323 e. The van der Waals surface area contributed by atoms with Crippen molar-refractivity contribution in [2.24, 2.45) is 5.73 Å². The van der Waals surface area contributed by atoms with Crippen LogP contribution < -0.4 is 11.4 Å². The van der Waals surface area contributed by atoms with E-state index in [1.165, 1.54) is 0 Å². The Kier molecular flexibility index (Phi) is 2.50. The van der Waals surface area contributed by atoms with Crippen molar-refractivity contribution in [1.29, 1.82) is 0 Å². The van der Waals surface area contributed by atoms with E-state index >= 15 is 0 Å². The highest BCUT2D eigenvalue weighted by molar-refractivity contribution is 5.91. The minimum absolute atomic E-state index is 0.188. The zero-order chi connectivity index (χ0) is 12.5. The lowest BCUT2D eigenvalue weighted by Crippen LogP contribution is -1.99. The van der Waals surface area contributed by atoms with Gasteiger partial charge in [0.05, 0.1) is 11.0 Å². The van der Waals surface area contributed by atoms with Crippen LogP contribution >= 0.6 is 0 Å². The molecule has 4 heteroatoms. The molecule has 1 heterocycles. The minimum Gasteiger partial charge on any atom is -0.326 e. The second-order valence-electron chi connectivity index (χ2n) is 4.21. The quantitative estimate of drug-likeness (QED) is 0.639. The van der Waals surface area contributed by atoms with Crippen LogP contribution in [0, 0.1) is 0 Å². The van der Waals surface area contributed by atoms with Gasteiger partial charge in [0, 0.05) is 12.1 Å². The third-order valence-corrected chi connectivity index (χ3v) is 3.02. The fourth-order valence-electron chi connectivity index (χ4n) is 2.16. The molecule has 3 rings (SSSR count). The highest BCUT2D eigenvalue weighted by atomic mass is 16.1. The highest BCUT2D eigenvalue weighted by Gasteiger charge is 2.06. The molecular weight excluding hydrogens is 226 g/mol. The Morgan fingerprint density at radius 1 is 1.06 bits per heavy atom. The van der Waals surface area contributed by atoms with E-state index < -0.39 is 0 Å². The third kappa shape index (κ3) is 1.72. The zero-order valence-corrected chi connectivity index (χ0v) is 9.73. The van der Waals surface area contributed by atoms with Crippen LogP contribution in [-0.4, -0.2) is 9.97 Å². The number of nitrogens with two attached hydrogens (primary N) is 1. The second-order valence-corrected chi connectivity index (χ2v) is 4.21. The van der Waals surface area contributed by atoms with Gasteiger partial charge in [0.1, 0.15) is 0 Å². The standard InChI is InChI=1S/C14H13N3O/c15-8-9-3-1-4-10(7-9)11-5-2-6-12-13(11)17-14(18)16-12/h1-7H,8,15H2,(H2,16,17,18). The largest absolute Gasteiger partial charge is 0.326 e. The number of hydrogen-bond acceptors (Lipinski definition) is 2. The number of benzene rings is 2. The summed E-state index contributed by atoms with van der Waals surface area (Å²) in [6.07, 6.45) is 0. The van der Waals surface area contributed by atoms with E-state index in [1.54, 1.807) is 0 Å². The molecule has 0 aliphatic heterocycles. The first-order chi connectivity index (χ1) is 8.78. The van der Waals surface area contributed by atoms with Gasteiger partial charge in [-0.2, -0.15) is 0 Å². The molecule has 0 aliphatic rings. The van der Waals surface area contributed by atoms with Gasteiger partial charge >= 0.3 is 5.69 Å². The molecule has 0 bridgehead atoms. The monoisotopic (exact) mass is 239 g/mol. The topological polar surface area (TPSA) is 74.7 Å². The molecule has 0 spiro atoms. The van der Waals surface area contributed by atoms with Crippen LogP contribution in [0.3, 0.4) is 0 Å². The number of para-hydroxylation sites is 1. The summed E-state index contributed by atoms with van der Waals surface area (Å²) < 4.78 is 0. The number of aromatic nitrogens is 2. The van der Waals surface area contributed by atoms with Crippen molar-refractivity contribution >= 4 is 11.0 Å². The van der Waals surface area contributed by atoms with Gasteiger partial charge in [0.25, 0.3) is 0 Å². The van der Waals surface area contributed by atoms with E-state index in [0.717, 1.165) is 27.7 Å². The van der Waals surface area contributed by atoms with Gasteiger partial charge in [-0.25, -0.2) is 4.79 Å². The maximum atomic E-state index is 11.4. The van der Waals surface area contributed by atoms with Crippen molar-refractivity contribution in [2.75, 3.05) is 0 Å². The average Bonchev–Trinajstić information content (AvgIpc) is 2.78. The predicted molar refractivity (Wildman–Crippen MR) is 72.2 cm³/mol. The van der Waals surface area contributed by atoms with Crippen LogP contribution in [0.5, 0.6) is 0 Å². The Hall–Kier alpha value is -2.33. The van der Waals surface area contributed by atoms with E-state index in [-0.39, 0.29) is 5.69 Å². The van der Waals surface area contributed by atoms with Crippen LogP contribution in [0.25, 0.3) is 22.2 Å². The Bertz CT molecular complexity index is 755. The summed E-state index contributed by atoms with van der Waals surface area (Å²) in [6, 6.07) is 13.8. The van der Waals surface area contributed by atoms with Crippen LogP contribution in [0.4, 0.5) is 0 Å². The van der Waals surface area contributed by atoms with Crippen molar-refractivity contribution < 1.29 is 0 Å². The van der Waals surface area contributed by atoms with Crippen LogP contribution in [0.1, 0.15) is 5.56 Å². The van der Waals surface area contributed by atoms with E-state index in [4.69, 9.17) is 5.73 Å². The molecule has 1 aromatic heterocycles. The lowest BCUT2D eigenvalue weighted by molar-refractivity contribution is 1.07. The number of aromatic amines is 2. The summed E-state index contributed by atoms with van der Waals surface area (Å²) in [5, 5.41) is 0. The Balaban J connectivity index is 2.27. The minimum atomic E-state index is -0.188. The van der Waals surface area contributed by atoms with Crippen molar-refractivity contribution in [2.45, 2.75) is 6.54 Å². The first-order valence-electron chi connectivity index (χ1n) is 5.78. The summed E-state index contributed by atoms with van der Waals surface area (Å²) in [5.74, 6) is 0. The molecule has 0 saturated carbocycles. The molecule has 4 N–H and O–H groups in total. The third-order valence-electron chi connectivity index (χ3n) is 3.02. The van der Waals surface area contributed by atoms with Gasteiger partial charge in [0.2, 0.25) is 0 Å². The molecule has 0 amide bonds. The Labute approximate surface area is 103 Å². The molecule has 3 aromatic rings. The van der Waals surface area contributed by atoms with E-state index in [1.807, 2.05) is 42.5 Å². The molecule has 0 aliphatic carbocycles. The van der Waals surface area contributed by atoms with Gasteiger partial charge in [-0.15, -0.1) is 0 Å². The van der Waals surface area contributed by atoms with Gasteiger partial charge in [0.15, 0.2) is 0 Å². The van der Waals surface area contributed by atoms with Gasteiger partial charge in [-0.05, 0) is 23.3 Å². The normalized spacial score (nSPS) is 10.9. The number of H-pyrrole nitrogens is 2. The Morgan fingerprint density at radius 3 is 2.72 bits per heavy atom. The highest BCUT2D eigenvalue weighted by Crippen LogP contribution is 2.26. The second kappa shape index (κ2) is 4.16. The number of rotatable bonds is 2. The first-order valence-corrected chi connectivity index (χ1v) is 5.78. The number of nitrogens with one attached hydrogen (secondary N) is 2. The molecular formula is C14H13N3O. The van der Waals surface area contributed by atoms with Crippen molar-refractivity contribution in [3.8, 4) is 11.1 Å². The maximum absolute atomic E-state index is 11.4. The van der Waals surface area contributed by atoms with E-state index in [0.29, 0.717) is 6.54 Å². The molecule has 4 nitrogen and oxygen atoms in total. The summed E-state index contributed by atoms with van der Waals surface area (Å²) in [4.78, 5) is 16.9. The molecule has 18 heavy (non-hydrogen) atoms. The molecule has 0 radical (unpaired) electrons. The molecule has 0 unspecified atom stereocenters. The van der Waals surface area contributed by atoms with Crippen molar-refractivity contribution in [3.63, 3.8) is 0 Å². The van der Waals surface area contributed by atoms with Gasteiger partial charge < -0.3 is 15.7 Å². The lowest BCUT2D eigenvalue weighted by Gasteiger charge is -2.05. The fraction of sp³-hybridized carbons (Fsp3) is 0.0714. The molecule has 2 aromatic carbocycles. The molecule has 0 fully saturated rings. The lowest BCUT2D eigenvalue weighted by atomic mass is 10.0. The zero-order valence-electron chi connectivity index (χ0n) is 9.73. The first kappa shape index (κ1) is 10.8. The Morgan fingerprint density at radius 2 is 1.89 bits per heavy atom. The van der Waals surface area contributed by atoms with Gasteiger partial charge in [-0.3, -0.25) is 0 Å². The predicted octanol–water partition coefficient (Wildman–Crippen LogP) is 1.98. The fourth-order valence-corrected chi connectivity index (χ4v) is 2.16. The van der Waals surface area contributed by atoms with Crippen molar-refractivity contribution in [3.05, 3.63) is 58.5 Å². The molecule has 0 saturated heterocycles. The number of fused-ring (bicyclic) bond motifs is 1. The van der Waals surface area contributed by atoms with E-state index in [2.05, 4.69) is 9.97 Å². The summed E-state index contributed by atoms with van der Waals surface area (Å²) in [5.41, 5.74) is 10.2. The van der Waals surface area contributed by atoms with E-state index in [9.17, 15) is 4.79 Å². The van der Waals surface area contributed by atoms with Crippen LogP contribution in [0.2, 0.25) is 0 Å². The van der Waals surface area contributed by atoms with Crippen molar-refractivity contribution in [1.82, 2.24) is 9.97 Å². The number of imidazole rings is 1.